The number of amides is 3. The fourth-order valence-corrected chi connectivity index (χ4v) is 8.01. The van der Waals surface area contributed by atoms with Crippen molar-refractivity contribution in [1.29, 1.82) is 0 Å². The van der Waals surface area contributed by atoms with Crippen molar-refractivity contribution in [3.63, 3.8) is 0 Å². The van der Waals surface area contributed by atoms with E-state index in [1.165, 1.54) is 6.07 Å². The van der Waals surface area contributed by atoms with Crippen LogP contribution in [0.3, 0.4) is 0 Å². The number of hydrogen-bond acceptors (Lipinski definition) is 8. The van der Waals surface area contributed by atoms with Gasteiger partial charge in [0.1, 0.15) is 25.0 Å². The molecule has 3 aliphatic rings. The van der Waals surface area contributed by atoms with Crippen LogP contribution >= 0.6 is 0 Å². The lowest BCUT2D eigenvalue weighted by molar-refractivity contribution is -0.142. The molecule has 1 aromatic carbocycles. The molecule has 4 aromatic rings. The van der Waals surface area contributed by atoms with E-state index < -0.39 is 41.6 Å². The molecule has 2 bridgehead atoms. The highest BCUT2D eigenvalue weighted by atomic mass is 19.4. The number of aromatic nitrogens is 6. The Bertz CT molecular complexity index is 2060. The summed E-state index contributed by atoms with van der Waals surface area (Å²) < 4.78 is 41.2. The molecule has 282 valence electrons. The smallest absolute Gasteiger partial charge is 0.387 e. The fourth-order valence-electron chi connectivity index (χ4n) is 8.01. The normalized spacial score (nSPS) is 24.0. The molecule has 1 unspecified atom stereocenters. The molecule has 16 heteroatoms. The molecule has 1 saturated heterocycles. The third-order valence-electron chi connectivity index (χ3n) is 11.0. The molecular weight excluding hydrogens is 691 g/mol. The highest BCUT2D eigenvalue weighted by Gasteiger charge is 2.67. The van der Waals surface area contributed by atoms with Crippen LogP contribution in [0.15, 0.2) is 36.8 Å². The number of aliphatic hydroxyl groups is 1. The number of hydrogen-bond donors (Lipinski definition) is 3. The molecule has 7 rings (SSSR count). The maximum atomic E-state index is 14.5. The zero-order valence-corrected chi connectivity index (χ0v) is 30.2. The highest BCUT2D eigenvalue weighted by Crippen LogP contribution is 2.59. The first-order valence-electron chi connectivity index (χ1n) is 18.0. The van der Waals surface area contributed by atoms with Gasteiger partial charge in [0.25, 0.3) is 0 Å². The molecule has 2 fully saturated rings. The standard InChI is InChI=1S/C37H44F3N9O4/c1-21(50)31-26-13-24(25-16-41-22(2)42-17-25)12-23-8-6-5-7-10-35(3,4)34(53)43-19-36-14-27(33(52)44-29-9-11-47(45-29)20-37(38,39)40)49(28(36)15-36)30(51)18-48(46-31)32(23)26/h9,11-13,16-17,21,27-28,50H,5-8,10,14-15,18-20H2,1-4H3,(H,43,53)(H,44,45,52)/t21?,27-,28+,36-/m0/s1. The number of nitrogens with zero attached hydrogens (tertiary/aromatic N) is 7. The van der Waals surface area contributed by atoms with E-state index >= 15 is 0 Å². The maximum Gasteiger partial charge on any atom is 0.408 e. The van der Waals surface area contributed by atoms with Gasteiger partial charge in [-0.05, 0) is 69.2 Å². The van der Waals surface area contributed by atoms with Crippen LogP contribution in [0.1, 0.15) is 82.5 Å². The van der Waals surface area contributed by atoms with Crippen molar-refractivity contribution >= 4 is 34.4 Å². The van der Waals surface area contributed by atoms with Crippen molar-refractivity contribution in [2.45, 2.75) is 110 Å². The zero-order chi connectivity index (χ0) is 37.9. The molecule has 2 aliphatic heterocycles. The minimum absolute atomic E-state index is 0.0650. The number of halogens is 3. The SMILES string of the molecule is Cc1ncc(-c2cc3c4c(c2)c(C(C)O)nn4CC(=O)N2[C@H](C(=O)Nc4ccn(CC(F)(F)F)n4)C[C@@]4(CNC(=O)C(C)(C)CCCCC3)C[C@@H]24)cn1. The van der Waals surface area contributed by atoms with Crippen LogP contribution in [0.4, 0.5) is 19.0 Å². The van der Waals surface area contributed by atoms with Crippen molar-refractivity contribution in [2.75, 3.05) is 11.9 Å². The van der Waals surface area contributed by atoms with Gasteiger partial charge in [-0.25, -0.2) is 9.97 Å². The van der Waals surface area contributed by atoms with E-state index in [0.717, 1.165) is 42.1 Å². The number of rotatable bonds is 5. The molecule has 3 aromatic heterocycles. The number of nitrogens with one attached hydrogen (secondary N) is 2. The summed E-state index contributed by atoms with van der Waals surface area (Å²) in [5.41, 5.74) is 2.51. The monoisotopic (exact) mass is 735 g/mol. The minimum atomic E-state index is -4.49. The number of anilines is 1. The first-order chi connectivity index (χ1) is 25.0. The Kier molecular flexibility index (Phi) is 9.31. The molecule has 0 spiro atoms. The number of aryl methyl sites for hydroxylation is 2. The van der Waals surface area contributed by atoms with Crippen molar-refractivity contribution in [1.82, 2.24) is 39.7 Å². The van der Waals surface area contributed by atoms with Gasteiger partial charge in [-0.3, -0.25) is 23.7 Å². The summed E-state index contributed by atoms with van der Waals surface area (Å²) in [6.07, 6.45) is 3.84. The summed E-state index contributed by atoms with van der Waals surface area (Å²) in [4.78, 5) is 52.1. The summed E-state index contributed by atoms with van der Waals surface area (Å²) in [7, 11) is 0. The summed E-state index contributed by atoms with van der Waals surface area (Å²) >= 11 is 0. The van der Waals surface area contributed by atoms with E-state index in [2.05, 4.69) is 25.7 Å². The van der Waals surface area contributed by atoms with Gasteiger partial charge in [-0.15, -0.1) is 0 Å². The molecule has 4 atom stereocenters. The van der Waals surface area contributed by atoms with Crippen LogP contribution in [-0.4, -0.2) is 82.1 Å². The van der Waals surface area contributed by atoms with Gasteiger partial charge in [-0.2, -0.15) is 23.4 Å². The third-order valence-corrected chi connectivity index (χ3v) is 11.0. The van der Waals surface area contributed by atoms with Crippen LogP contribution in [0.5, 0.6) is 0 Å². The number of alkyl halides is 3. The first kappa shape index (κ1) is 36.5. The number of benzene rings is 1. The molecule has 1 saturated carbocycles. The second kappa shape index (κ2) is 13.5. The average Bonchev–Trinajstić information content (AvgIpc) is 3.34. The molecule has 1 aliphatic carbocycles. The van der Waals surface area contributed by atoms with Gasteiger partial charge in [0.2, 0.25) is 17.7 Å². The Labute approximate surface area is 304 Å². The summed E-state index contributed by atoms with van der Waals surface area (Å²) in [6.45, 7) is 6.02. The van der Waals surface area contributed by atoms with Crippen LogP contribution < -0.4 is 10.6 Å². The zero-order valence-electron chi connectivity index (χ0n) is 30.2. The minimum Gasteiger partial charge on any atom is -0.387 e. The van der Waals surface area contributed by atoms with E-state index in [-0.39, 0.29) is 43.2 Å². The van der Waals surface area contributed by atoms with Gasteiger partial charge >= 0.3 is 6.18 Å². The van der Waals surface area contributed by atoms with Crippen LogP contribution in [0, 0.1) is 17.8 Å². The Morgan fingerprint density at radius 2 is 1.85 bits per heavy atom. The van der Waals surface area contributed by atoms with Crippen LogP contribution in [0.25, 0.3) is 22.0 Å². The molecule has 3 N–H and O–H groups in total. The maximum absolute atomic E-state index is 14.5. The average molecular weight is 736 g/mol. The number of piperidine rings is 1. The number of carbonyl (C=O) groups excluding carboxylic acids is 3. The van der Waals surface area contributed by atoms with E-state index in [1.54, 1.807) is 28.9 Å². The molecule has 5 heterocycles. The number of carbonyl (C=O) groups is 3. The Morgan fingerprint density at radius 1 is 1.09 bits per heavy atom. The van der Waals surface area contributed by atoms with Crippen LogP contribution in [0.2, 0.25) is 0 Å². The molecule has 13 nitrogen and oxygen atoms in total. The lowest BCUT2D eigenvalue weighted by Gasteiger charge is -2.27. The van der Waals surface area contributed by atoms with Gasteiger partial charge in [-0.1, -0.05) is 26.7 Å². The summed E-state index contributed by atoms with van der Waals surface area (Å²) in [5.74, 6) is -0.481. The third kappa shape index (κ3) is 7.37. The Balaban J connectivity index is 1.27. The largest absolute Gasteiger partial charge is 0.408 e. The fraction of sp³-hybridized carbons (Fsp3) is 0.541. The molecular formula is C37H44F3N9O4. The summed E-state index contributed by atoms with van der Waals surface area (Å²) in [6, 6.07) is 3.94. The van der Waals surface area contributed by atoms with Crippen molar-refractivity contribution < 1.29 is 32.7 Å². The molecule has 0 radical (unpaired) electrons. The van der Waals surface area contributed by atoms with E-state index in [1.807, 2.05) is 32.9 Å². The van der Waals surface area contributed by atoms with Crippen molar-refractivity contribution in [3.8, 4) is 11.1 Å². The van der Waals surface area contributed by atoms with E-state index in [4.69, 9.17) is 5.10 Å². The predicted octanol–water partition coefficient (Wildman–Crippen LogP) is 4.87. The van der Waals surface area contributed by atoms with Gasteiger partial charge < -0.3 is 20.6 Å². The number of aliphatic hydroxyl groups excluding tert-OH is 1. The molecule has 53 heavy (non-hydrogen) atoms. The Morgan fingerprint density at radius 3 is 2.57 bits per heavy atom. The van der Waals surface area contributed by atoms with Gasteiger partial charge in [0.05, 0.1) is 17.3 Å². The second-order valence-electron chi connectivity index (χ2n) is 15.5. The van der Waals surface area contributed by atoms with Gasteiger partial charge in [0, 0.05) is 59.0 Å². The van der Waals surface area contributed by atoms with Crippen LogP contribution in [-0.2, 0) is 33.9 Å². The second-order valence-corrected chi connectivity index (χ2v) is 15.5. The quantitative estimate of drug-likeness (QED) is 0.262. The summed E-state index contributed by atoms with van der Waals surface area (Å²) in [5, 5.41) is 26.0. The van der Waals surface area contributed by atoms with E-state index in [0.29, 0.717) is 46.4 Å². The molecule has 3 amide bonds. The predicted molar refractivity (Wildman–Crippen MR) is 188 cm³/mol. The first-order valence-corrected chi connectivity index (χ1v) is 18.0. The van der Waals surface area contributed by atoms with E-state index in [9.17, 15) is 32.7 Å². The highest BCUT2D eigenvalue weighted by molar-refractivity contribution is 5.98. The van der Waals surface area contributed by atoms with Crippen molar-refractivity contribution in [2.24, 2.45) is 10.8 Å². The lowest BCUT2D eigenvalue weighted by Crippen LogP contribution is -2.46. The lowest BCUT2D eigenvalue weighted by atomic mass is 9.85. The van der Waals surface area contributed by atoms with Gasteiger partial charge in [0.15, 0.2) is 5.82 Å². The Hall–Kier alpha value is -4.86. The topological polar surface area (TPSA) is 160 Å². The van der Waals surface area contributed by atoms with Crippen molar-refractivity contribution in [3.05, 3.63) is 53.9 Å².